The fourth-order valence-electron chi connectivity index (χ4n) is 4.18. The highest BCUT2D eigenvalue weighted by molar-refractivity contribution is 6.12. The number of imide groups is 1. The number of nitrogens with one attached hydrogen (secondary N) is 4. The molecule has 49 heavy (non-hydrogen) atoms. The van der Waals surface area contributed by atoms with Crippen molar-refractivity contribution in [2.24, 2.45) is 11.7 Å². The molecule has 1 rings (SSSR count). The molecule has 1 heterocycles. The minimum absolute atomic E-state index is 0.0411. The van der Waals surface area contributed by atoms with Crippen LogP contribution in [0.25, 0.3) is 0 Å². The third-order valence-corrected chi connectivity index (χ3v) is 6.81. The third-order valence-electron chi connectivity index (χ3n) is 6.81. The highest BCUT2D eigenvalue weighted by Gasteiger charge is 2.28. The van der Waals surface area contributed by atoms with E-state index in [-0.39, 0.29) is 75.3 Å². The van der Waals surface area contributed by atoms with Gasteiger partial charge in [-0.15, -0.1) is 0 Å². The van der Waals surface area contributed by atoms with Gasteiger partial charge in [0, 0.05) is 32.2 Å². The molecule has 0 saturated heterocycles. The third kappa shape index (κ3) is 21.1. The summed E-state index contributed by atoms with van der Waals surface area (Å²) < 4.78 is 32.5. The van der Waals surface area contributed by atoms with Crippen molar-refractivity contribution in [1.82, 2.24) is 26.2 Å². The second-order valence-corrected chi connectivity index (χ2v) is 11.0. The zero-order valence-electron chi connectivity index (χ0n) is 28.8. The van der Waals surface area contributed by atoms with Gasteiger partial charge in [-0.05, 0) is 18.8 Å². The van der Waals surface area contributed by atoms with Crippen molar-refractivity contribution in [2.75, 3.05) is 99.4 Å². The molecular weight excluding hydrogens is 648 g/mol. The maximum atomic E-state index is 12.9. The zero-order valence-corrected chi connectivity index (χ0v) is 28.8. The first-order valence-corrected chi connectivity index (χ1v) is 16.4. The maximum absolute atomic E-state index is 12.9. The maximum Gasteiger partial charge on any atom is 0.312 e. The number of ether oxygens (including phenoxy) is 6. The summed E-state index contributed by atoms with van der Waals surface area (Å²) in [5.41, 5.74) is 5.04. The Kier molecular flexibility index (Phi) is 24.0. The van der Waals surface area contributed by atoms with Crippen LogP contribution in [0, 0.1) is 5.92 Å². The van der Waals surface area contributed by atoms with Gasteiger partial charge in [0.15, 0.2) is 0 Å². The number of carbonyl (C=O) groups is 6. The molecule has 0 aromatic carbocycles. The van der Waals surface area contributed by atoms with Crippen molar-refractivity contribution in [2.45, 2.75) is 45.2 Å². The summed E-state index contributed by atoms with van der Waals surface area (Å²) in [7, 11) is 1.46. The summed E-state index contributed by atoms with van der Waals surface area (Å²) in [6.45, 7) is 8.10. The van der Waals surface area contributed by atoms with E-state index < -0.39 is 24.0 Å². The van der Waals surface area contributed by atoms with Gasteiger partial charge >= 0.3 is 6.03 Å². The minimum Gasteiger partial charge on any atom is -0.379 e. The number of hydrogen-bond acceptors (Lipinski definition) is 12. The smallest absolute Gasteiger partial charge is 0.312 e. The van der Waals surface area contributed by atoms with Crippen molar-refractivity contribution in [3.8, 4) is 0 Å². The Morgan fingerprint density at radius 1 is 0.714 bits per heavy atom. The molecule has 0 aliphatic carbocycles. The predicted octanol–water partition coefficient (Wildman–Crippen LogP) is -1.78. The van der Waals surface area contributed by atoms with E-state index in [1.807, 2.05) is 0 Å². The van der Waals surface area contributed by atoms with E-state index in [0.29, 0.717) is 65.9 Å². The van der Waals surface area contributed by atoms with Gasteiger partial charge in [-0.25, -0.2) is 4.79 Å². The fourth-order valence-corrected chi connectivity index (χ4v) is 4.18. The summed E-state index contributed by atoms with van der Waals surface area (Å²) in [5.74, 6) is -2.14. The Bertz CT molecular complexity index is 1030. The van der Waals surface area contributed by atoms with Crippen molar-refractivity contribution in [3.05, 3.63) is 12.2 Å². The van der Waals surface area contributed by atoms with Gasteiger partial charge in [0.1, 0.15) is 12.1 Å². The molecule has 0 saturated carbocycles. The monoisotopic (exact) mass is 702 g/mol. The topological polar surface area (TPSA) is 235 Å². The molecule has 6 N–H and O–H groups in total. The number of hydrogen-bond donors (Lipinski definition) is 5. The molecule has 18 heteroatoms. The van der Waals surface area contributed by atoms with Gasteiger partial charge in [-0.2, -0.15) is 0 Å². The SMILES string of the molecule is CNC(=O)C(CCCNC(N)=O)NC(=O)C(NC(=O)CCOCCOCCOCCOCCOCCOCCN1C(=O)C=CC1=O)C(C)C. The fraction of sp³-hybridized carbons (Fsp3) is 0.742. The number of likely N-dealkylation sites (N-methyl/N-ethyl adjacent to an activating group) is 1. The van der Waals surface area contributed by atoms with Crippen molar-refractivity contribution < 1.29 is 57.2 Å². The molecule has 18 nitrogen and oxygen atoms in total. The second-order valence-electron chi connectivity index (χ2n) is 11.0. The van der Waals surface area contributed by atoms with Crippen LogP contribution in [0.1, 0.15) is 33.1 Å². The van der Waals surface area contributed by atoms with Gasteiger partial charge in [-0.3, -0.25) is 28.9 Å². The molecule has 0 bridgehead atoms. The molecule has 0 radical (unpaired) electrons. The van der Waals surface area contributed by atoms with Crippen LogP contribution in [0.4, 0.5) is 4.79 Å². The molecule has 2 unspecified atom stereocenters. The van der Waals surface area contributed by atoms with Gasteiger partial charge in [0.25, 0.3) is 11.8 Å². The molecule has 0 aromatic rings. The van der Waals surface area contributed by atoms with Gasteiger partial charge in [0.2, 0.25) is 17.7 Å². The minimum atomic E-state index is -0.852. The Morgan fingerprint density at radius 2 is 1.18 bits per heavy atom. The standard InChI is InChI=1S/C31H54N6O12/c1-23(2)28(30(42)35-24(29(41)33-3)5-4-9-34-31(32)43)36-25(38)8-11-44-13-15-46-17-19-48-21-22-49-20-18-47-16-14-45-12-10-37-26(39)6-7-27(37)40/h6-7,23-24,28H,4-5,8-22H2,1-3H3,(H,33,41)(H,35,42)(H,36,38)(H3,32,34,43). The lowest BCUT2D eigenvalue weighted by molar-refractivity contribution is -0.137. The summed E-state index contributed by atoms with van der Waals surface area (Å²) in [6.07, 6.45) is 3.20. The largest absolute Gasteiger partial charge is 0.379 e. The number of nitrogens with zero attached hydrogens (tertiary/aromatic N) is 1. The molecule has 2 atom stereocenters. The highest BCUT2D eigenvalue weighted by Crippen LogP contribution is 2.06. The van der Waals surface area contributed by atoms with Crippen LogP contribution >= 0.6 is 0 Å². The van der Waals surface area contributed by atoms with Gasteiger partial charge in [-0.1, -0.05) is 13.8 Å². The highest BCUT2D eigenvalue weighted by atomic mass is 16.6. The number of rotatable bonds is 30. The Hall–Kier alpha value is -3.68. The lowest BCUT2D eigenvalue weighted by Crippen LogP contribution is -2.55. The summed E-state index contributed by atoms with van der Waals surface area (Å²) in [5, 5.41) is 10.3. The molecule has 0 aromatic heterocycles. The van der Waals surface area contributed by atoms with Crippen LogP contribution in [0.15, 0.2) is 12.2 Å². The molecule has 0 spiro atoms. The molecule has 7 amide bonds. The lowest BCUT2D eigenvalue weighted by Gasteiger charge is -2.25. The Labute approximate surface area is 287 Å². The molecule has 280 valence electrons. The number of nitrogens with two attached hydrogens (primary N) is 1. The first-order chi connectivity index (χ1) is 23.6. The number of amides is 7. The number of primary amides is 1. The predicted molar refractivity (Wildman–Crippen MR) is 175 cm³/mol. The van der Waals surface area contributed by atoms with Crippen LogP contribution in [0.2, 0.25) is 0 Å². The normalized spacial score (nSPS) is 13.8. The molecule has 1 aliphatic rings. The van der Waals surface area contributed by atoms with E-state index in [2.05, 4.69) is 21.3 Å². The van der Waals surface area contributed by atoms with E-state index in [1.165, 1.54) is 19.2 Å². The van der Waals surface area contributed by atoms with Crippen LogP contribution in [-0.4, -0.2) is 152 Å². The average Bonchev–Trinajstić information content (AvgIpc) is 3.39. The zero-order chi connectivity index (χ0) is 36.3. The quantitative estimate of drug-likeness (QED) is 0.0413. The van der Waals surface area contributed by atoms with Gasteiger partial charge in [0.05, 0.1) is 85.8 Å². The summed E-state index contributed by atoms with van der Waals surface area (Å²) in [6, 6.07) is -2.36. The van der Waals surface area contributed by atoms with Crippen molar-refractivity contribution >= 4 is 35.6 Å². The molecule has 0 fully saturated rings. The van der Waals surface area contributed by atoms with Crippen LogP contribution < -0.4 is 27.0 Å². The summed E-state index contributed by atoms with van der Waals surface area (Å²) in [4.78, 5) is 72.4. The number of urea groups is 1. The summed E-state index contributed by atoms with van der Waals surface area (Å²) >= 11 is 0. The van der Waals surface area contributed by atoms with Crippen LogP contribution in [0.5, 0.6) is 0 Å². The average molecular weight is 703 g/mol. The first-order valence-electron chi connectivity index (χ1n) is 16.4. The van der Waals surface area contributed by atoms with Gasteiger partial charge < -0.3 is 55.4 Å². The van der Waals surface area contributed by atoms with Crippen molar-refractivity contribution in [1.29, 1.82) is 0 Å². The Balaban J connectivity index is 2.00. The second kappa shape index (κ2) is 27.2. The van der Waals surface area contributed by atoms with Crippen molar-refractivity contribution in [3.63, 3.8) is 0 Å². The van der Waals surface area contributed by atoms with E-state index in [0.717, 1.165) is 4.90 Å². The number of carbonyl (C=O) groups excluding carboxylic acids is 6. The van der Waals surface area contributed by atoms with E-state index in [1.54, 1.807) is 13.8 Å². The van der Waals surface area contributed by atoms with Crippen LogP contribution in [-0.2, 0) is 52.4 Å². The van der Waals surface area contributed by atoms with Crippen LogP contribution in [0.3, 0.4) is 0 Å². The lowest BCUT2D eigenvalue weighted by atomic mass is 10.0. The Morgan fingerprint density at radius 3 is 1.63 bits per heavy atom. The first kappa shape index (κ1) is 43.3. The molecule has 1 aliphatic heterocycles. The van der Waals surface area contributed by atoms with E-state index >= 15 is 0 Å². The van der Waals surface area contributed by atoms with E-state index in [4.69, 9.17) is 34.2 Å². The van der Waals surface area contributed by atoms with E-state index in [9.17, 15) is 28.8 Å². The molecular formula is C31H54N6O12.